The number of hydrogen-bond donors (Lipinski definition) is 1. The van der Waals surface area contributed by atoms with Crippen LogP contribution in [0.15, 0.2) is 28.7 Å². The van der Waals surface area contributed by atoms with Gasteiger partial charge in [0.15, 0.2) is 5.58 Å². The monoisotopic (exact) mass is 279 g/mol. The Hall–Kier alpha value is -1.03. The zero-order chi connectivity index (χ0) is 13.4. The molecule has 3 nitrogen and oxygen atoms in total. The minimum Gasteiger partial charge on any atom is -0.458 e. The molecular weight excluding hydrogens is 262 g/mol. The quantitative estimate of drug-likeness (QED) is 0.905. The van der Waals surface area contributed by atoms with Gasteiger partial charge in [0, 0.05) is 12.5 Å². The molecule has 2 atom stereocenters. The van der Waals surface area contributed by atoms with Gasteiger partial charge in [0.1, 0.15) is 5.76 Å². The summed E-state index contributed by atoms with van der Waals surface area (Å²) in [4.78, 5) is 0. The fourth-order valence-electron chi connectivity index (χ4n) is 2.69. The van der Waals surface area contributed by atoms with E-state index in [1.165, 1.54) is 12.8 Å². The molecule has 1 aromatic carbocycles. The number of benzene rings is 1. The van der Waals surface area contributed by atoms with Gasteiger partial charge in [-0.3, -0.25) is 0 Å². The number of hydrogen-bond acceptors (Lipinski definition) is 3. The van der Waals surface area contributed by atoms with Crippen LogP contribution in [0.1, 0.15) is 24.6 Å². The van der Waals surface area contributed by atoms with Crippen molar-refractivity contribution >= 4 is 22.6 Å². The van der Waals surface area contributed by atoms with Crippen LogP contribution in [0.5, 0.6) is 0 Å². The normalized spacial score (nSPS) is 18.7. The van der Waals surface area contributed by atoms with Crippen molar-refractivity contribution in [3.8, 4) is 0 Å². The number of likely N-dealkylation sites (N-methyl/N-ethyl adjacent to an activating group) is 1. The molecule has 0 saturated heterocycles. The number of halogens is 1. The zero-order valence-corrected chi connectivity index (χ0v) is 11.9. The van der Waals surface area contributed by atoms with Crippen LogP contribution < -0.4 is 5.32 Å². The maximum Gasteiger partial charge on any atom is 0.152 e. The Morgan fingerprint density at radius 2 is 2.21 bits per heavy atom. The van der Waals surface area contributed by atoms with E-state index in [0.717, 1.165) is 16.7 Å². The van der Waals surface area contributed by atoms with Crippen LogP contribution in [0.3, 0.4) is 0 Å². The van der Waals surface area contributed by atoms with Crippen LogP contribution in [0.25, 0.3) is 11.0 Å². The highest BCUT2D eigenvalue weighted by Gasteiger charge is 2.38. The highest BCUT2D eigenvalue weighted by molar-refractivity contribution is 6.34. The van der Waals surface area contributed by atoms with Crippen LogP contribution in [0.2, 0.25) is 5.02 Å². The fraction of sp³-hybridized carbons (Fsp3) is 0.467. The van der Waals surface area contributed by atoms with Gasteiger partial charge in [-0.2, -0.15) is 0 Å². The van der Waals surface area contributed by atoms with E-state index in [0.29, 0.717) is 10.9 Å². The SMILES string of the molecule is CNC(c1cc2cccc(Cl)c2o1)C(OC)C1CC1. The lowest BCUT2D eigenvalue weighted by Gasteiger charge is -2.23. The molecule has 19 heavy (non-hydrogen) atoms. The molecule has 1 heterocycles. The second-order valence-corrected chi connectivity index (χ2v) is 5.52. The third-order valence-electron chi connectivity index (χ3n) is 3.82. The summed E-state index contributed by atoms with van der Waals surface area (Å²) in [5.41, 5.74) is 0.755. The van der Waals surface area contributed by atoms with Crippen molar-refractivity contribution < 1.29 is 9.15 Å². The summed E-state index contributed by atoms with van der Waals surface area (Å²) >= 11 is 6.16. The average molecular weight is 280 g/mol. The number of nitrogens with one attached hydrogen (secondary N) is 1. The first-order valence-electron chi connectivity index (χ1n) is 6.62. The largest absolute Gasteiger partial charge is 0.458 e. The lowest BCUT2D eigenvalue weighted by molar-refractivity contribution is 0.0469. The maximum absolute atomic E-state index is 6.16. The fourth-order valence-corrected chi connectivity index (χ4v) is 2.92. The molecule has 1 saturated carbocycles. The molecule has 1 aromatic heterocycles. The van der Waals surface area contributed by atoms with Crippen LogP contribution in [0.4, 0.5) is 0 Å². The van der Waals surface area contributed by atoms with Crippen LogP contribution in [-0.4, -0.2) is 20.3 Å². The molecule has 3 rings (SSSR count). The topological polar surface area (TPSA) is 34.4 Å². The van der Waals surface area contributed by atoms with E-state index in [-0.39, 0.29) is 12.1 Å². The van der Waals surface area contributed by atoms with Gasteiger partial charge in [0.05, 0.1) is 17.2 Å². The lowest BCUT2D eigenvalue weighted by Crippen LogP contribution is -2.32. The lowest BCUT2D eigenvalue weighted by atomic mass is 10.0. The van der Waals surface area contributed by atoms with Crippen molar-refractivity contribution in [1.82, 2.24) is 5.32 Å². The molecule has 1 N–H and O–H groups in total. The molecule has 0 aliphatic heterocycles. The van der Waals surface area contributed by atoms with E-state index < -0.39 is 0 Å². The van der Waals surface area contributed by atoms with Gasteiger partial charge in [-0.25, -0.2) is 0 Å². The van der Waals surface area contributed by atoms with Crippen LogP contribution in [-0.2, 0) is 4.74 Å². The molecule has 1 aliphatic carbocycles. The standard InChI is InChI=1S/C15H18ClNO2/c1-17-13(15(18-2)9-6-7-9)12-8-10-4-3-5-11(16)14(10)19-12/h3-5,8-9,13,15,17H,6-7H2,1-2H3. The van der Waals surface area contributed by atoms with Crippen molar-refractivity contribution in [2.24, 2.45) is 5.92 Å². The Morgan fingerprint density at radius 1 is 1.42 bits per heavy atom. The molecular formula is C15H18ClNO2. The van der Waals surface area contributed by atoms with E-state index in [1.54, 1.807) is 7.11 Å². The van der Waals surface area contributed by atoms with Gasteiger partial charge < -0.3 is 14.5 Å². The summed E-state index contributed by atoms with van der Waals surface area (Å²) in [7, 11) is 3.71. The Morgan fingerprint density at radius 3 is 2.79 bits per heavy atom. The second-order valence-electron chi connectivity index (χ2n) is 5.11. The van der Waals surface area contributed by atoms with E-state index in [1.807, 2.05) is 25.2 Å². The summed E-state index contributed by atoms with van der Waals surface area (Å²) < 4.78 is 11.6. The van der Waals surface area contributed by atoms with Crippen LogP contribution in [0, 0.1) is 5.92 Å². The average Bonchev–Trinajstić information content (AvgIpc) is 3.15. The summed E-state index contributed by atoms with van der Waals surface area (Å²) in [6, 6.07) is 7.92. The summed E-state index contributed by atoms with van der Waals surface area (Å²) in [6.07, 6.45) is 2.62. The van der Waals surface area contributed by atoms with Gasteiger partial charge in [-0.15, -0.1) is 0 Å². The first-order valence-corrected chi connectivity index (χ1v) is 7.00. The summed E-state index contributed by atoms with van der Waals surface area (Å²) in [6.45, 7) is 0. The second kappa shape index (κ2) is 5.16. The van der Waals surface area contributed by atoms with Crippen LogP contribution >= 0.6 is 11.6 Å². The minimum absolute atomic E-state index is 0.0703. The highest BCUT2D eigenvalue weighted by atomic mass is 35.5. The molecule has 102 valence electrons. The minimum atomic E-state index is 0.0703. The third-order valence-corrected chi connectivity index (χ3v) is 4.12. The Labute approximate surface area is 117 Å². The number of fused-ring (bicyclic) bond motifs is 1. The number of methoxy groups -OCH3 is 1. The van der Waals surface area contributed by atoms with Crippen molar-refractivity contribution in [3.63, 3.8) is 0 Å². The van der Waals surface area contributed by atoms with Gasteiger partial charge in [-0.05, 0) is 37.9 Å². The van der Waals surface area contributed by atoms with Gasteiger partial charge in [0.2, 0.25) is 0 Å². The molecule has 2 unspecified atom stereocenters. The summed E-state index contributed by atoms with van der Waals surface area (Å²) in [5.74, 6) is 1.52. The van der Waals surface area contributed by atoms with E-state index in [9.17, 15) is 0 Å². The van der Waals surface area contributed by atoms with E-state index >= 15 is 0 Å². The first-order chi connectivity index (χ1) is 9.24. The maximum atomic E-state index is 6.16. The van der Waals surface area contributed by atoms with Crippen molar-refractivity contribution in [1.29, 1.82) is 0 Å². The molecule has 1 aliphatic rings. The number of ether oxygens (including phenoxy) is 1. The van der Waals surface area contributed by atoms with Gasteiger partial charge in [0.25, 0.3) is 0 Å². The molecule has 0 bridgehead atoms. The molecule has 1 fully saturated rings. The van der Waals surface area contributed by atoms with Crippen molar-refractivity contribution in [2.75, 3.05) is 14.2 Å². The van der Waals surface area contributed by atoms with Crippen molar-refractivity contribution in [3.05, 3.63) is 35.0 Å². The number of para-hydroxylation sites is 1. The van der Waals surface area contributed by atoms with E-state index in [4.69, 9.17) is 20.8 Å². The van der Waals surface area contributed by atoms with E-state index in [2.05, 4.69) is 11.4 Å². The third kappa shape index (κ3) is 2.38. The van der Waals surface area contributed by atoms with Gasteiger partial charge in [-0.1, -0.05) is 23.7 Å². The zero-order valence-electron chi connectivity index (χ0n) is 11.2. The highest BCUT2D eigenvalue weighted by Crippen LogP contribution is 2.41. The molecule has 4 heteroatoms. The van der Waals surface area contributed by atoms with Crippen molar-refractivity contribution in [2.45, 2.75) is 25.0 Å². The smallest absolute Gasteiger partial charge is 0.152 e. The summed E-state index contributed by atoms with van der Waals surface area (Å²) in [5, 5.41) is 5.00. The Balaban J connectivity index is 1.98. The Bertz CT molecular complexity index is 577. The molecule has 2 aromatic rings. The first kappa shape index (κ1) is 13.0. The number of rotatable bonds is 5. The predicted molar refractivity (Wildman–Crippen MR) is 76.5 cm³/mol. The Kier molecular flexibility index (Phi) is 3.52. The predicted octanol–water partition coefficient (Wildman–Crippen LogP) is 3.77. The molecule has 0 radical (unpaired) electrons. The van der Waals surface area contributed by atoms with Gasteiger partial charge >= 0.3 is 0 Å². The molecule has 0 spiro atoms. The molecule has 0 amide bonds. The number of furan rings is 1.